The predicted octanol–water partition coefficient (Wildman–Crippen LogP) is 4.19. The number of fused-ring (bicyclic) bond motifs is 1. The second-order valence-electron chi connectivity index (χ2n) is 5.78. The fourth-order valence-corrected chi connectivity index (χ4v) is 3.66. The molecule has 2 heterocycles. The van der Waals surface area contributed by atoms with Crippen LogP contribution in [0.4, 0.5) is 0 Å². The molecule has 1 aliphatic heterocycles. The van der Waals surface area contributed by atoms with Gasteiger partial charge in [-0.3, -0.25) is 0 Å². The Balaban J connectivity index is 1.75. The van der Waals surface area contributed by atoms with Crippen molar-refractivity contribution < 1.29 is 0 Å². The van der Waals surface area contributed by atoms with Crippen LogP contribution < -0.4 is 0 Å². The Morgan fingerprint density at radius 3 is 2.85 bits per heavy atom. The second-order valence-corrected chi connectivity index (χ2v) is 7.08. The molecule has 0 amide bonds. The van der Waals surface area contributed by atoms with Crippen LogP contribution in [0.25, 0.3) is 11.0 Å². The smallest absolute Gasteiger partial charge is 0.178 e. The van der Waals surface area contributed by atoms with Crippen molar-refractivity contribution in [1.82, 2.24) is 14.5 Å². The molecule has 5 heteroatoms. The number of hydrogen-bond donors (Lipinski definition) is 1. The van der Waals surface area contributed by atoms with E-state index in [1.54, 1.807) is 0 Å². The molecule has 0 unspecified atom stereocenters. The van der Waals surface area contributed by atoms with Crippen molar-refractivity contribution in [3.8, 4) is 0 Å². The predicted molar refractivity (Wildman–Crippen MR) is 89.7 cm³/mol. The Kier molecular flexibility index (Phi) is 4.29. The summed E-state index contributed by atoms with van der Waals surface area (Å²) in [6.45, 7) is 3.48. The Labute approximate surface area is 133 Å². The zero-order valence-electron chi connectivity index (χ0n) is 11.7. The van der Waals surface area contributed by atoms with Crippen LogP contribution in [0.2, 0.25) is 0 Å². The summed E-state index contributed by atoms with van der Waals surface area (Å²) >= 11 is 9.01. The molecule has 1 N–H and O–H groups in total. The minimum atomic E-state index is 0.838. The van der Waals surface area contributed by atoms with Gasteiger partial charge in [0.15, 0.2) is 4.77 Å². The first-order valence-electron chi connectivity index (χ1n) is 7.20. The van der Waals surface area contributed by atoms with Crippen LogP contribution in [-0.2, 0) is 6.54 Å². The van der Waals surface area contributed by atoms with Gasteiger partial charge in [0.2, 0.25) is 0 Å². The number of rotatable bonds is 3. The third-order valence-electron chi connectivity index (χ3n) is 4.34. The SMILES string of the molecule is CN1CCC(CCn2c(=S)[nH]c3ccc(Br)cc32)CC1. The summed E-state index contributed by atoms with van der Waals surface area (Å²) in [6, 6.07) is 6.28. The zero-order chi connectivity index (χ0) is 14.1. The quantitative estimate of drug-likeness (QED) is 0.836. The van der Waals surface area contributed by atoms with Gasteiger partial charge < -0.3 is 14.5 Å². The average molecular weight is 354 g/mol. The van der Waals surface area contributed by atoms with Gasteiger partial charge in [-0.25, -0.2) is 0 Å². The lowest BCUT2D eigenvalue weighted by atomic mass is 9.94. The number of halogens is 1. The van der Waals surface area contributed by atoms with Crippen LogP contribution in [0.15, 0.2) is 22.7 Å². The Bertz CT molecular complexity index is 653. The van der Waals surface area contributed by atoms with Crippen LogP contribution in [0.3, 0.4) is 0 Å². The van der Waals surface area contributed by atoms with Crippen molar-refractivity contribution in [3.63, 3.8) is 0 Å². The third-order valence-corrected chi connectivity index (χ3v) is 5.15. The molecule has 3 rings (SSSR count). The zero-order valence-corrected chi connectivity index (χ0v) is 14.1. The van der Waals surface area contributed by atoms with Crippen molar-refractivity contribution in [1.29, 1.82) is 0 Å². The van der Waals surface area contributed by atoms with E-state index in [0.717, 1.165) is 27.2 Å². The summed E-state index contributed by atoms with van der Waals surface area (Å²) < 4.78 is 4.19. The number of hydrogen-bond acceptors (Lipinski definition) is 2. The molecule has 0 aliphatic carbocycles. The number of aromatic amines is 1. The summed E-state index contributed by atoms with van der Waals surface area (Å²) in [4.78, 5) is 5.72. The standard InChI is InChI=1S/C15H20BrN3S/c1-18-7-4-11(5-8-18)6-9-19-14-10-12(16)2-3-13(14)17-15(19)20/h2-3,10-11H,4-9H2,1H3,(H,17,20). The van der Waals surface area contributed by atoms with E-state index in [1.807, 2.05) is 0 Å². The first-order chi connectivity index (χ1) is 9.63. The van der Waals surface area contributed by atoms with Crippen molar-refractivity contribution >= 4 is 39.2 Å². The minimum Gasteiger partial charge on any atom is -0.331 e. The number of H-pyrrole nitrogens is 1. The van der Waals surface area contributed by atoms with E-state index >= 15 is 0 Å². The summed E-state index contributed by atoms with van der Waals surface area (Å²) in [7, 11) is 2.21. The number of likely N-dealkylation sites (tertiary alicyclic amines) is 1. The van der Waals surface area contributed by atoms with Crippen molar-refractivity contribution in [2.24, 2.45) is 5.92 Å². The largest absolute Gasteiger partial charge is 0.331 e. The fourth-order valence-electron chi connectivity index (χ4n) is 3.01. The summed E-state index contributed by atoms with van der Waals surface area (Å²) in [5.41, 5.74) is 2.33. The lowest BCUT2D eigenvalue weighted by Crippen LogP contribution is -2.30. The second kappa shape index (κ2) is 6.00. The van der Waals surface area contributed by atoms with Gasteiger partial charge in [-0.15, -0.1) is 0 Å². The number of nitrogens with one attached hydrogen (secondary N) is 1. The monoisotopic (exact) mass is 353 g/mol. The number of aromatic nitrogens is 2. The normalized spacial score (nSPS) is 17.9. The molecule has 3 nitrogen and oxygen atoms in total. The van der Waals surface area contributed by atoms with Crippen molar-refractivity contribution in [2.45, 2.75) is 25.8 Å². The van der Waals surface area contributed by atoms with Gasteiger partial charge in [0.05, 0.1) is 11.0 Å². The van der Waals surface area contributed by atoms with Gasteiger partial charge in [-0.05, 0) is 75.7 Å². The molecule has 0 atom stereocenters. The molecule has 0 spiro atoms. The molecular formula is C15H20BrN3S. The highest BCUT2D eigenvalue weighted by Crippen LogP contribution is 2.23. The molecule has 1 saturated heterocycles. The van der Waals surface area contributed by atoms with E-state index < -0.39 is 0 Å². The van der Waals surface area contributed by atoms with E-state index in [-0.39, 0.29) is 0 Å². The fraction of sp³-hybridized carbons (Fsp3) is 0.533. The number of aryl methyl sites for hydroxylation is 1. The molecule has 20 heavy (non-hydrogen) atoms. The lowest BCUT2D eigenvalue weighted by molar-refractivity contribution is 0.208. The van der Waals surface area contributed by atoms with E-state index in [4.69, 9.17) is 12.2 Å². The molecule has 2 aromatic rings. The van der Waals surface area contributed by atoms with Crippen LogP contribution in [0.1, 0.15) is 19.3 Å². The van der Waals surface area contributed by atoms with E-state index in [0.29, 0.717) is 0 Å². The number of benzene rings is 1. The van der Waals surface area contributed by atoms with Crippen LogP contribution in [-0.4, -0.2) is 34.6 Å². The molecule has 1 aromatic carbocycles. The highest BCUT2D eigenvalue weighted by Gasteiger charge is 2.17. The molecule has 0 bridgehead atoms. The van der Waals surface area contributed by atoms with Crippen LogP contribution in [0.5, 0.6) is 0 Å². The first kappa shape index (κ1) is 14.3. The maximum atomic E-state index is 5.47. The number of piperidine rings is 1. The van der Waals surface area contributed by atoms with Gasteiger partial charge in [0.1, 0.15) is 0 Å². The van der Waals surface area contributed by atoms with Gasteiger partial charge in [-0.2, -0.15) is 0 Å². The Morgan fingerprint density at radius 2 is 2.10 bits per heavy atom. The molecule has 0 saturated carbocycles. The third kappa shape index (κ3) is 3.00. The van der Waals surface area contributed by atoms with Crippen molar-refractivity contribution in [3.05, 3.63) is 27.4 Å². The van der Waals surface area contributed by atoms with E-state index in [2.05, 4.69) is 55.6 Å². The average Bonchev–Trinajstić information content (AvgIpc) is 2.73. The Hall–Kier alpha value is -0.650. The topological polar surface area (TPSA) is 24.0 Å². The first-order valence-corrected chi connectivity index (χ1v) is 8.40. The van der Waals surface area contributed by atoms with E-state index in [1.165, 1.54) is 37.9 Å². The summed E-state index contributed by atoms with van der Waals surface area (Å²) in [6.07, 6.45) is 3.85. The van der Waals surface area contributed by atoms with Gasteiger partial charge in [0.25, 0.3) is 0 Å². The molecular weight excluding hydrogens is 334 g/mol. The van der Waals surface area contributed by atoms with Crippen molar-refractivity contribution in [2.75, 3.05) is 20.1 Å². The van der Waals surface area contributed by atoms with Crippen LogP contribution in [0, 0.1) is 10.7 Å². The van der Waals surface area contributed by atoms with E-state index in [9.17, 15) is 0 Å². The number of nitrogens with zero attached hydrogens (tertiary/aromatic N) is 2. The van der Waals surface area contributed by atoms with Gasteiger partial charge in [-0.1, -0.05) is 15.9 Å². The summed E-state index contributed by atoms with van der Waals surface area (Å²) in [5.74, 6) is 0.838. The van der Waals surface area contributed by atoms with Crippen LogP contribution >= 0.6 is 28.1 Å². The van der Waals surface area contributed by atoms with Gasteiger partial charge >= 0.3 is 0 Å². The highest BCUT2D eigenvalue weighted by atomic mass is 79.9. The molecule has 1 aromatic heterocycles. The molecule has 1 aliphatic rings. The van der Waals surface area contributed by atoms with Gasteiger partial charge in [0, 0.05) is 11.0 Å². The highest BCUT2D eigenvalue weighted by molar-refractivity contribution is 9.10. The number of imidazole rings is 1. The maximum absolute atomic E-state index is 5.47. The lowest BCUT2D eigenvalue weighted by Gasteiger charge is -2.28. The summed E-state index contributed by atoms with van der Waals surface area (Å²) in [5, 5.41) is 0. The Morgan fingerprint density at radius 1 is 1.35 bits per heavy atom. The molecule has 108 valence electrons. The maximum Gasteiger partial charge on any atom is 0.178 e. The molecule has 0 radical (unpaired) electrons. The minimum absolute atomic E-state index is 0.838. The molecule has 1 fully saturated rings.